The summed E-state index contributed by atoms with van der Waals surface area (Å²) in [5.41, 5.74) is 2.67. The van der Waals surface area contributed by atoms with Crippen LogP contribution in [0.4, 0.5) is 5.69 Å². The lowest BCUT2D eigenvalue weighted by Gasteiger charge is -2.22. The molecule has 35 heavy (non-hydrogen) atoms. The highest BCUT2D eigenvalue weighted by Crippen LogP contribution is 2.23. The number of nitrogens with one attached hydrogen (secondary N) is 2. The quantitative estimate of drug-likeness (QED) is 0.400. The van der Waals surface area contributed by atoms with Crippen molar-refractivity contribution >= 4 is 47.6 Å². The Balaban J connectivity index is 1.91. The van der Waals surface area contributed by atoms with Crippen molar-refractivity contribution in [2.75, 3.05) is 18.9 Å². The molecule has 3 aromatic rings. The number of carbonyl (C=O) groups is 1. The number of anilines is 1. The van der Waals surface area contributed by atoms with E-state index in [1.807, 2.05) is 31.2 Å². The zero-order valence-corrected chi connectivity index (χ0v) is 22.7. The Bertz CT molecular complexity index is 1420. The second kappa shape index (κ2) is 11.0. The summed E-state index contributed by atoms with van der Waals surface area (Å²) in [5, 5.41) is 2.66. The molecule has 0 spiro atoms. The first kappa shape index (κ1) is 27.0. The second-order valence-corrected chi connectivity index (χ2v) is 12.7. The summed E-state index contributed by atoms with van der Waals surface area (Å²) in [5.74, 6) is -0.597. The molecule has 3 aromatic carbocycles. The van der Waals surface area contributed by atoms with Gasteiger partial charge in [-0.25, -0.2) is 21.6 Å². The van der Waals surface area contributed by atoms with E-state index >= 15 is 0 Å². The van der Waals surface area contributed by atoms with Crippen molar-refractivity contribution in [3.05, 3.63) is 87.9 Å². The molecule has 0 fully saturated rings. The van der Waals surface area contributed by atoms with Crippen LogP contribution < -0.4 is 10.0 Å². The number of nitrogens with zero attached hydrogens (tertiary/aromatic N) is 1. The highest BCUT2D eigenvalue weighted by atomic mass is 79.9. The monoisotopic (exact) mass is 579 g/mol. The molecule has 0 saturated carbocycles. The molecule has 0 unspecified atom stereocenters. The Kier molecular flexibility index (Phi) is 8.50. The van der Waals surface area contributed by atoms with Crippen molar-refractivity contribution in [1.82, 2.24) is 9.03 Å². The molecule has 0 aromatic heterocycles. The Hall–Kier alpha value is -2.57. The Morgan fingerprint density at radius 3 is 2.09 bits per heavy atom. The minimum Gasteiger partial charge on any atom is -0.325 e. The van der Waals surface area contributed by atoms with Crippen LogP contribution in [-0.4, -0.2) is 40.6 Å². The van der Waals surface area contributed by atoms with E-state index in [4.69, 9.17) is 0 Å². The summed E-state index contributed by atoms with van der Waals surface area (Å²) >= 11 is 3.30. The fourth-order valence-electron chi connectivity index (χ4n) is 3.25. The van der Waals surface area contributed by atoms with Crippen molar-refractivity contribution in [3.8, 4) is 0 Å². The lowest BCUT2D eigenvalue weighted by Crippen LogP contribution is -2.37. The van der Waals surface area contributed by atoms with Crippen molar-refractivity contribution in [2.24, 2.45) is 0 Å². The number of amides is 1. The van der Waals surface area contributed by atoms with Crippen LogP contribution in [0.2, 0.25) is 0 Å². The highest BCUT2D eigenvalue weighted by molar-refractivity contribution is 9.10. The van der Waals surface area contributed by atoms with Crippen molar-refractivity contribution < 1.29 is 21.6 Å². The third-order valence-corrected chi connectivity index (χ3v) is 9.06. The van der Waals surface area contributed by atoms with Gasteiger partial charge in [0.15, 0.2) is 0 Å². The zero-order valence-electron chi connectivity index (χ0n) is 19.4. The van der Waals surface area contributed by atoms with Gasteiger partial charge in [0.1, 0.15) is 0 Å². The number of sulfonamides is 2. The molecule has 0 atom stereocenters. The number of halogens is 1. The second-order valence-electron chi connectivity index (χ2n) is 7.95. The molecular weight excluding hydrogens is 554 g/mol. The van der Waals surface area contributed by atoms with E-state index in [1.165, 1.54) is 31.3 Å². The normalized spacial score (nSPS) is 12.0. The average molecular weight is 581 g/mol. The van der Waals surface area contributed by atoms with Gasteiger partial charge in [-0.3, -0.25) is 4.79 Å². The maximum atomic E-state index is 13.4. The topological polar surface area (TPSA) is 113 Å². The molecule has 2 N–H and O–H groups in total. The summed E-state index contributed by atoms with van der Waals surface area (Å²) in [6, 6.07) is 17.9. The van der Waals surface area contributed by atoms with Crippen LogP contribution in [-0.2, 0) is 31.4 Å². The van der Waals surface area contributed by atoms with Crippen LogP contribution in [0.25, 0.3) is 0 Å². The first-order chi connectivity index (χ1) is 16.4. The SMILES string of the molecule is CNS(=O)(=O)c1ccc(C)c(NC(=O)CN(Cc2ccc(C)cc2)S(=O)(=O)c2ccc(Br)cc2)c1. The predicted octanol–water partition coefficient (Wildman–Crippen LogP) is 3.80. The Morgan fingerprint density at radius 2 is 1.49 bits per heavy atom. The predicted molar refractivity (Wildman–Crippen MR) is 139 cm³/mol. The van der Waals surface area contributed by atoms with Gasteiger partial charge in [0.2, 0.25) is 26.0 Å². The van der Waals surface area contributed by atoms with E-state index in [0.717, 1.165) is 19.9 Å². The molecule has 0 bridgehead atoms. The minimum atomic E-state index is -4.01. The number of rotatable bonds is 9. The zero-order chi connectivity index (χ0) is 25.8. The molecule has 11 heteroatoms. The smallest absolute Gasteiger partial charge is 0.243 e. The number of carbonyl (C=O) groups excluding carboxylic acids is 1. The third kappa shape index (κ3) is 6.77. The molecule has 0 saturated heterocycles. The van der Waals surface area contributed by atoms with Gasteiger partial charge in [0, 0.05) is 16.7 Å². The number of benzene rings is 3. The molecule has 3 rings (SSSR count). The average Bonchev–Trinajstić information content (AvgIpc) is 2.81. The fraction of sp³-hybridized carbons (Fsp3) is 0.208. The van der Waals surface area contributed by atoms with Gasteiger partial charge in [-0.2, -0.15) is 4.31 Å². The van der Waals surface area contributed by atoms with Gasteiger partial charge in [0.05, 0.1) is 16.3 Å². The third-order valence-electron chi connectivity index (χ3n) is 5.31. The van der Waals surface area contributed by atoms with Gasteiger partial charge in [-0.05, 0) is 68.4 Å². The first-order valence-corrected chi connectivity index (χ1v) is 14.3. The molecule has 186 valence electrons. The molecule has 0 heterocycles. The molecule has 0 aliphatic carbocycles. The van der Waals surface area contributed by atoms with E-state index in [-0.39, 0.29) is 22.0 Å². The fourth-order valence-corrected chi connectivity index (χ4v) is 5.65. The first-order valence-electron chi connectivity index (χ1n) is 10.6. The highest BCUT2D eigenvalue weighted by Gasteiger charge is 2.27. The Labute approximate surface area is 214 Å². The summed E-state index contributed by atoms with van der Waals surface area (Å²) in [6.07, 6.45) is 0. The summed E-state index contributed by atoms with van der Waals surface area (Å²) < 4.78 is 55.2. The van der Waals surface area contributed by atoms with Crippen LogP contribution in [0.1, 0.15) is 16.7 Å². The molecule has 8 nitrogen and oxygen atoms in total. The summed E-state index contributed by atoms with van der Waals surface area (Å²) in [7, 11) is -6.43. The maximum absolute atomic E-state index is 13.4. The number of hydrogen-bond donors (Lipinski definition) is 2. The van der Waals surface area contributed by atoms with Gasteiger partial charge >= 0.3 is 0 Å². The molecule has 0 radical (unpaired) electrons. The van der Waals surface area contributed by atoms with Crippen LogP contribution in [0.5, 0.6) is 0 Å². The van der Waals surface area contributed by atoms with Crippen molar-refractivity contribution in [3.63, 3.8) is 0 Å². The van der Waals surface area contributed by atoms with E-state index in [0.29, 0.717) is 5.56 Å². The van der Waals surface area contributed by atoms with Crippen LogP contribution >= 0.6 is 15.9 Å². The Morgan fingerprint density at radius 1 is 0.886 bits per heavy atom. The van der Waals surface area contributed by atoms with Crippen molar-refractivity contribution in [2.45, 2.75) is 30.2 Å². The van der Waals surface area contributed by atoms with E-state index in [9.17, 15) is 21.6 Å². The van der Waals surface area contributed by atoms with Gasteiger partial charge in [-0.1, -0.05) is 51.8 Å². The molecule has 0 aliphatic rings. The van der Waals surface area contributed by atoms with E-state index < -0.39 is 32.5 Å². The molecular formula is C24H26BrN3O5S2. The standard InChI is InChI=1S/C24H26BrN3O5S2/c1-17-4-7-19(8-5-17)15-28(35(32,33)21-12-9-20(25)10-13-21)16-24(29)27-23-14-22(11-6-18(23)2)34(30,31)26-3/h4-14,26H,15-16H2,1-3H3,(H,27,29). The van der Waals surface area contributed by atoms with E-state index in [2.05, 4.69) is 26.0 Å². The van der Waals surface area contributed by atoms with E-state index in [1.54, 1.807) is 25.1 Å². The van der Waals surface area contributed by atoms with Gasteiger partial charge < -0.3 is 5.32 Å². The minimum absolute atomic E-state index is 0.0140. The largest absolute Gasteiger partial charge is 0.325 e. The van der Waals surface area contributed by atoms with Crippen molar-refractivity contribution in [1.29, 1.82) is 0 Å². The molecule has 1 amide bonds. The molecule has 0 aliphatic heterocycles. The lowest BCUT2D eigenvalue weighted by atomic mass is 10.1. The van der Waals surface area contributed by atoms with Crippen LogP contribution in [0.15, 0.2) is 81.0 Å². The lowest BCUT2D eigenvalue weighted by molar-refractivity contribution is -0.116. The summed E-state index contributed by atoms with van der Waals surface area (Å²) in [6.45, 7) is 3.17. The summed E-state index contributed by atoms with van der Waals surface area (Å²) in [4.78, 5) is 13.0. The van der Waals surface area contributed by atoms with Gasteiger partial charge in [0.25, 0.3) is 0 Å². The maximum Gasteiger partial charge on any atom is 0.243 e. The van der Waals surface area contributed by atoms with Crippen LogP contribution in [0, 0.1) is 13.8 Å². The van der Waals surface area contributed by atoms with Crippen LogP contribution in [0.3, 0.4) is 0 Å². The number of aryl methyl sites for hydroxylation is 2. The number of hydrogen-bond acceptors (Lipinski definition) is 5. The van der Waals surface area contributed by atoms with Gasteiger partial charge in [-0.15, -0.1) is 0 Å².